The molecule has 5 fully saturated rings. The lowest BCUT2D eigenvalue weighted by Crippen LogP contribution is -2.44. The average Bonchev–Trinajstić information content (AvgIpc) is 3.62. The summed E-state index contributed by atoms with van der Waals surface area (Å²) in [6, 6.07) is 6.08. The lowest BCUT2D eigenvalue weighted by molar-refractivity contribution is -0.173. The first-order valence-electron chi connectivity index (χ1n) is 13.2. The summed E-state index contributed by atoms with van der Waals surface area (Å²) in [6.07, 6.45) is 2.20. The lowest BCUT2D eigenvalue weighted by atomic mass is 9.77. The molecule has 2 atom stereocenters. The molecule has 0 aliphatic carbocycles. The predicted molar refractivity (Wildman–Crippen MR) is 134 cm³/mol. The van der Waals surface area contributed by atoms with Gasteiger partial charge in [0.15, 0.2) is 0 Å². The topological polar surface area (TPSA) is 102 Å². The summed E-state index contributed by atoms with van der Waals surface area (Å²) in [5.74, 6) is -0.0669. The Balaban J connectivity index is 1.06. The van der Waals surface area contributed by atoms with Crippen LogP contribution in [-0.2, 0) is 25.8 Å². The molecule has 0 aromatic heterocycles. The van der Waals surface area contributed by atoms with Crippen LogP contribution >= 0.6 is 11.6 Å². The number of nitrogens with zero attached hydrogens (tertiary/aromatic N) is 4. The molecule has 11 heteroatoms. The number of likely N-dealkylation sites (tertiary alicyclic amines) is 2. The monoisotopic (exact) mass is 529 g/mol. The van der Waals surface area contributed by atoms with Crippen molar-refractivity contribution < 1.29 is 24.0 Å². The Morgan fingerprint density at radius 1 is 1.00 bits per heavy atom. The molecule has 5 heterocycles. The molecule has 0 bridgehead atoms. The van der Waals surface area contributed by atoms with Crippen molar-refractivity contribution in [3.8, 4) is 0 Å². The highest BCUT2D eigenvalue weighted by atomic mass is 35.5. The molecule has 0 saturated carbocycles. The second-order valence-corrected chi connectivity index (χ2v) is 11.5. The number of carbonyl (C=O) groups is 4. The molecule has 5 aliphatic heterocycles. The minimum absolute atomic E-state index is 0.0899. The molecular formula is C26H32ClN5O5. The fraction of sp³-hybridized carbons (Fsp3) is 0.615. The van der Waals surface area contributed by atoms with Gasteiger partial charge in [0, 0.05) is 75.9 Å². The first-order chi connectivity index (χ1) is 17.8. The van der Waals surface area contributed by atoms with E-state index in [-0.39, 0.29) is 24.2 Å². The molecule has 1 aromatic carbocycles. The standard InChI is InChI=1S/C26H32ClN5O5/c27-20-2-1-17(21(11-20)30-9-6-26(7-10-30)5-8-28-24(26)35)12-29-13-18-15-31(16-19(18)14-29)25(36)37-32-22(33)3-4-23(32)34/h1-2,11,18-19H,3-10,12-16H2,(H,28,35). The maximum absolute atomic E-state index is 12.6. The van der Waals surface area contributed by atoms with E-state index in [1.807, 2.05) is 12.1 Å². The molecule has 0 radical (unpaired) electrons. The van der Waals surface area contributed by atoms with E-state index in [1.54, 1.807) is 4.90 Å². The zero-order valence-electron chi connectivity index (χ0n) is 20.8. The van der Waals surface area contributed by atoms with Crippen LogP contribution in [0.5, 0.6) is 0 Å². The molecular weight excluding hydrogens is 498 g/mol. The second kappa shape index (κ2) is 9.47. The normalized spacial score (nSPS) is 27.4. The molecule has 4 amide bonds. The number of nitrogens with one attached hydrogen (secondary N) is 1. The van der Waals surface area contributed by atoms with Gasteiger partial charge in [0.05, 0.1) is 5.41 Å². The first-order valence-corrected chi connectivity index (χ1v) is 13.6. The van der Waals surface area contributed by atoms with Gasteiger partial charge in [0.2, 0.25) is 5.91 Å². The van der Waals surface area contributed by atoms with Crippen LogP contribution in [-0.4, -0.2) is 84.5 Å². The molecule has 10 nitrogen and oxygen atoms in total. The zero-order valence-corrected chi connectivity index (χ0v) is 21.5. The highest BCUT2D eigenvalue weighted by Gasteiger charge is 2.46. The average molecular weight is 530 g/mol. The number of halogens is 1. The maximum atomic E-state index is 12.6. The summed E-state index contributed by atoms with van der Waals surface area (Å²) in [6.45, 7) is 6.09. The van der Waals surface area contributed by atoms with Crippen LogP contribution in [0.2, 0.25) is 5.02 Å². The molecule has 37 heavy (non-hydrogen) atoms. The maximum Gasteiger partial charge on any atom is 0.434 e. The van der Waals surface area contributed by atoms with Gasteiger partial charge in [0.1, 0.15) is 0 Å². The van der Waals surface area contributed by atoms with Gasteiger partial charge in [-0.15, -0.1) is 5.06 Å². The van der Waals surface area contributed by atoms with Crippen molar-refractivity contribution >= 4 is 41.1 Å². The lowest BCUT2D eigenvalue weighted by Gasteiger charge is -2.39. The van der Waals surface area contributed by atoms with Gasteiger partial charge in [-0.3, -0.25) is 19.3 Å². The molecule has 1 N–H and O–H groups in total. The number of carbonyl (C=O) groups excluding carboxylic acids is 4. The van der Waals surface area contributed by atoms with Crippen molar-refractivity contribution in [3.63, 3.8) is 0 Å². The number of hydrogen-bond donors (Lipinski definition) is 1. The van der Waals surface area contributed by atoms with Crippen LogP contribution in [0.4, 0.5) is 10.5 Å². The summed E-state index contributed by atoms with van der Waals surface area (Å²) in [5, 5.41) is 4.33. The van der Waals surface area contributed by atoms with Crippen molar-refractivity contribution in [2.75, 3.05) is 50.7 Å². The number of hydroxylamine groups is 2. The smallest absolute Gasteiger partial charge is 0.371 e. The van der Waals surface area contributed by atoms with Gasteiger partial charge in [0.25, 0.3) is 11.8 Å². The number of fused-ring (bicyclic) bond motifs is 1. The van der Waals surface area contributed by atoms with E-state index in [9.17, 15) is 19.2 Å². The molecule has 2 unspecified atom stereocenters. The van der Waals surface area contributed by atoms with Crippen LogP contribution in [0.1, 0.15) is 37.7 Å². The quantitative estimate of drug-likeness (QED) is 0.595. The molecule has 5 aliphatic rings. The van der Waals surface area contributed by atoms with Crippen molar-refractivity contribution in [2.24, 2.45) is 17.3 Å². The number of benzene rings is 1. The van der Waals surface area contributed by atoms with Crippen molar-refractivity contribution in [1.82, 2.24) is 20.2 Å². The molecule has 1 spiro atoms. The number of hydrogen-bond acceptors (Lipinski definition) is 7. The van der Waals surface area contributed by atoms with Crippen LogP contribution in [0, 0.1) is 17.3 Å². The van der Waals surface area contributed by atoms with Gasteiger partial charge < -0.3 is 20.0 Å². The third kappa shape index (κ3) is 4.54. The molecule has 5 saturated heterocycles. The third-order valence-corrected chi connectivity index (χ3v) is 9.10. The fourth-order valence-electron chi connectivity index (χ4n) is 6.74. The third-order valence-electron chi connectivity index (χ3n) is 8.87. The number of piperidine rings is 1. The van der Waals surface area contributed by atoms with E-state index in [1.165, 1.54) is 5.56 Å². The summed E-state index contributed by atoms with van der Waals surface area (Å²) in [4.78, 5) is 60.0. The Labute approximate surface area is 220 Å². The van der Waals surface area contributed by atoms with E-state index in [2.05, 4.69) is 21.2 Å². The Hall–Kier alpha value is -2.85. The van der Waals surface area contributed by atoms with Crippen LogP contribution in [0.15, 0.2) is 18.2 Å². The highest BCUT2D eigenvalue weighted by Crippen LogP contribution is 2.41. The van der Waals surface area contributed by atoms with E-state index < -0.39 is 17.9 Å². The molecule has 6 rings (SSSR count). The van der Waals surface area contributed by atoms with Crippen molar-refractivity contribution in [3.05, 3.63) is 28.8 Å². The van der Waals surface area contributed by atoms with E-state index in [0.717, 1.165) is 64.2 Å². The SMILES string of the molecule is O=C(ON1C(=O)CCC1=O)N1CC2CN(Cc3ccc(Cl)cc3N3CCC4(CCNC4=O)CC3)CC2C1. The summed E-state index contributed by atoms with van der Waals surface area (Å²) < 4.78 is 0. The minimum atomic E-state index is -0.622. The summed E-state index contributed by atoms with van der Waals surface area (Å²) in [5.41, 5.74) is 2.16. The summed E-state index contributed by atoms with van der Waals surface area (Å²) >= 11 is 6.40. The van der Waals surface area contributed by atoms with E-state index >= 15 is 0 Å². The van der Waals surface area contributed by atoms with Gasteiger partial charge in [-0.25, -0.2) is 4.79 Å². The fourth-order valence-corrected chi connectivity index (χ4v) is 6.90. The summed E-state index contributed by atoms with van der Waals surface area (Å²) in [7, 11) is 0. The van der Waals surface area contributed by atoms with Gasteiger partial charge in [-0.1, -0.05) is 17.7 Å². The molecule has 1 aromatic rings. The number of imide groups is 1. The van der Waals surface area contributed by atoms with Crippen LogP contribution in [0.25, 0.3) is 0 Å². The van der Waals surface area contributed by atoms with Crippen LogP contribution in [0.3, 0.4) is 0 Å². The van der Waals surface area contributed by atoms with E-state index in [0.29, 0.717) is 35.0 Å². The Morgan fingerprint density at radius 3 is 2.30 bits per heavy atom. The van der Waals surface area contributed by atoms with Crippen molar-refractivity contribution in [2.45, 2.75) is 38.6 Å². The number of amides is 4. The Bertz CT molecular complexity index is 1110. The minimum Gasteiger partial charge on any atom is -0.371 e. The first kappa shape index (κ1) is 24.5. The largest absolute Gasteiger partial charge is 0.434 e. The second-order valence-electron chi connectivity index (χ2n) is 11.1. The Kier molecular flexibility index (Phi) is 6.27. The van der Waals surface area contributed by atoms with Crippen LogP contribution < -0.4 is 10.2 Å². The molecule has 198 valence electrons. The number of rotatable bonds is 4. The number of anilines is 1. The predicted octanol–water partition coefficient (Wildman–Crippen LogP) is 2.01. The van der Waals surface area contributed by atoms with Crippen molar-refractivity contribution in [1.29, 1.82) is 0 Å². The van der Waals surface area contributed by atoms with E-state index in [4.69, 9.17) is 16.4 Å². The van der Waals surface area contributed by atoms with Gasteiger partial charge in [-0.2, -0.15) is 0 Å². The zero-order chi connectivity index (χ0) is 25.7. The van der Waals surface area contributed by atoms with Gasteiger partial charge >= 0.3 is 6.09 Å². The highest BCUT2D eigenvalue weighted by molar-refractivity contribution is 6.30. The Morgan fingerprint density at radius 2 is 1.68 bits per heavy atom. The van der Waals surface area contributed by atoms with Gasteiger partial charge in [-0.05, 0) is 48.8 Å².